The summed E-state index contributed by atoms with van der Waals surface area (Å²) in [5.41, 5.74) is 1.01. The van der Waals surface area contributed by atoms with Gasteiger partial charge >= 0.3 is 0 Å². The Bertz CT molecular complexity index is 862. The number of hydrogen-bond acceptors (Lipinski definition) is 3. The number of carbonyl (C=O) groups excluding carboxylic acids is 1. The van der Waals surface area contributed by atoms with E-state index in [4.69, 9.17) is 0 Å². The third-order valence-corrected chi connectivity index (χ3v) is 4.18. The van der Waals surface area contributed by atoms with Crippen LogP contribution in [0.15, 0.2) is 48.5 Å². The molecule has 6 heteroatoms. The van der Waals surface area contributed by atoms with E-state index in [0.717, 1.165) is 22.7 Å². The molecule has 1 aromatic heterocycles. The number of nitrogens with zero attached hydrogens (tertiary/aromatic N) is 1. The average molecular weight is 330 g/mol. The summed E-state index contributed by atoms with van der Waals surface area (Å²) in [7, 11) is 0. The van der Waals surface area contributed by atoms with Gasteiger partial charge < -0.3 is 5.32 Å². The number of halogens is 2. The van der Waals surface area contributed by atoms with E-state index in [1.165, 1.54) is 17.4 Å². The molecule has 2 aromatic carbocycles. The molecule has 3 aromatic rings. The maximum absolute atomic E-state index is 13.7. The van der Waals surface area contributed by atoms with Crippen molar-refractivity contribution in [3.8, 4) is 10.4 Å². The lowest BCUT2D eigenvalue weighted by Crippen LogP contribution is -2.14. The molecule has 0 atom stereocenters. The maximum Gasteiger partial charge on any atom is 0.275 e. The lowest BCUT2D eigenvalue weighted by atomic mass is 10.1. The first-order valence-electron chi connectivity index (χ1n) is 6.84. The first-order valence-corrected chi connectivity index (χ1v) is 7.65. The zero-order valence-corrected chi connectivity index (χ0v) is 13.0. The van der Waals surface area contributed by atoms with E-state index in [0.29, 0.717) is 4.88 Å². The van der Waals surface area contributed by atoms with Gasteiger partial charge in [0.2, 0.25) is 0 Å². The van der Waals surface area contributed by atoms with Crippen molar-refractivity contribution in [1.29, 1.82) is 0 Å². The molecule has 1 amide bonds. The summed E-state index contributed by atoms with van der Waals surface area (Å²) < 4.78 is 26.6. The molecule has 3 nitrogen and oxygen atoms in total. The first-order chi connectivity index (χ1) is 11.0. The molecule has 0 aliphatic rings. The van der Waals surface area contributed by atoms with E-state index in [-0.39, 0.29) is 11.4 Å². The van der Waals surface area contributed by atoms with Crippen molar-refractivity contribution in [3.05, 3.63) is 70.9 Å². The predicted octanol–water partition coefficient (Wildman–Crippen LogP) is 4.65. The van der Waals surface area contributed by atoms with Crippen LogP contribution in [0, 0.1) is 18.6 Å². The average Bonchev–Trinajstić information content (AvgIpc) is 2.93. The second-order valence-corrected chi connectivity index (χ2v) is 6.06. The van der Waals surface area contributed by atoms with Gasteiger partial charge in [0.1, 0.15) is 17.3 Å². The van der Waals surface area contributed by atoms with E-state index in [1.807, 2.05) is 30.3 Å². The summed E-state index contributed by atoms with van der Waals surface area (Å²) in [4.78, 5) is 17.4. The molecule has 0 fully saturated rings. The summed E-state index contributed by atoms with van der Waals surface area (Å²) in [5, 5.41) is 3.17. The minimum atomic E-state index is -0.827. The maximum atomic E-state index is 13.7. The summed E-state index contributed by atoms with van der Waals surface area (Å²) in [6.45, 7) is 1.80. The molecule has 0 radical (unpaired) electrons. The zero-order chi connectivity index (χ0) is 16.4. The zero-order valence-electron chi connectivity index (χ0n) is 12.1. The number of rotatable bonds is 3. The number of hydrogen-bond donors (Lipinski definition) is 1. The van der Waals surface area contributed by atoms with Gasteiger partial charge in [-0.1, -0.05) is 30.3 Å². The van der Waals surface area contributed by atoms with E-state index in [2.05, 4.69) is 10.3 Å². The third-order valence-electron chi connectivity index (χ3n) is 3.16. The minimum Gasteiger partial charge on any atom is -0.318 e. The topological polar surface area (TPSA) is 42.0 Å². The number of amides is 1. The van der Waals surface area contributed by atoms with Crippen molar-refractivity contribution in [2.24, 2.45) is 0 Å². The first kappa shape index (κ1) is 15.3. The second-order valence-electron chi connectivity index (χ2n) is 4.85. The lowest BCUT2D eigenvalue weighted by molar-refractivity contribution is 0.102. The van der Waals surface area contributed by atoms with Crippen molar-refractivity contribution in [3.63, 3.8) is 0 Å². The van der Waals surface area contributed by atoms with Crippen molar-refractivity contribution in [2.45, 2.75) is 6.92 Å². The van der Waals surface area contributed by atoms with Crippen LogP contribution in [0.2, 0.25) is 0 Å². The van der Waals surface area contributed by atoms with Crippen molar-refractivity contribution >= 4 is 22.9 Å². The predicted molar refractivity (Wildman–Crippen MR) is 86.6 cm³/mol. The van der Waals surface area contributed by atoms with E-state index in [9.17, 15) is 13.6 Å². The standard InChI is InChI=1S/C17H12F2N2OS/c1-10-20-15(16(23-10)11-5-3-2-4-6-11)17(22)21-14-8-7-12(18)9-13(14)19/h2-9H,1H3,(H,21,22). The molecule has 1 heterocycles. The van der Waals surface area contributed by atoms with Gasteiger partial charge in [-0.05, 0) is 24.6 Å². The Labute approximate surface area is 135 Å². The van der Waals surface area contributed by atoms with Crippen LogP contribution in [-0.2, 0) is 0 Å². The number of carbonyl (C=O) groups is 1. The molecule has 0 unspecified atom stereocenters. The summed E-state index contributed by atoms with van der Waals surface area (Å²) in [6, 6.07) is 12.4. The molecule has 3 rings (SSSR count). The van der Waals surface area contributed by atoms with Crippen LogP contribution >= 0.6 is 11.3 Å². The van der Waals surface area contributed by atoms with E-state index >= 15 is 0 Å². The Balaban J connectivity index is 1.94. The van der Waals surface area contributed by atoms with E-state index < -0.39 is 17.5 Å². The molecule has 0 spiro atoms. The second kappa shape index (κ2) is 6.26. The van der Waals surface area contributed by atoms with Crippen LogP contribution in [0.1, 0.15) is 15.5 Å². The smallest absolute Gasteiger partial charge is 0.275 e. The Morgan fingerprint density at radius 1 is 1.13 bits per heavy atom. The SMILES string of the molecule is Cc1nc(C(=O)Nc2ccc(F)cc2F)c(-c2ccccc2)s1. The monoisotopic (exact) mass is 330 g/mol. The van der Waals surface area contributed by atoms with Gasteiger partial charge in [0, 0.05) is 6.07 Å². The fourth-order valence-corrected chi connectivity index (χ4v) is 3.06. The van der Waals surface area contributed by atoms with Crippen LogP contribution in [0.25, 0.3) is 10.4 Å². The number of nitrogens with one attached hydrogen (secondary N) is 1. The van der Waals surface area contributed by atoms with E-state index in [1.54, 1.807) is 6.92 Å². The minimum absolute atomic E-state index is 0.0823. The Morgan fingerprint density at radius 2 is 1.87 bits per heavy atom. The molecule has 116 valence electrons. The largest absolute Gasteiger partial charge is 0.318 e. The molecule has 0 saturated carbocycles. The van der Waals surface area contributed by atoms with Crippen molar-refractivity contribution in [1.82, 2.24) is 4.98 Å². The van der Waals surface area contributed by atoms with Gasteiger partial charge in [-0.3, -0.25) is 4.79 Å². The van der Waals surface area contributed by atoms with Gasteiger partial charge in [-0.2, -0.15) is 0 Å². The van der Waals surface area contributed by atoms with Crippen molar-refractivity contribution in [2.75, 3.05) is 5.32 Å². The highest BCUT2D eigenvalue weighted by atomic mass is 32.1. The summed E-state index contributed by atoms with van der Waals surface area (Å²) in [5.74, 6) is -2.06. The molecule has 1 N–H and O–H groups in total. The number of thiazole rings is 1. The molecular weight excluding hydrogens is 318 g/mol. The van der Waals surface area contributed by atoms with Gasteiger partial charge in [-0.25, -0.2) is 13.8 Å². The number of aromatic nitrogens is 1. The molecule has 0 aliphatic heterocycles. The fraction of sp³-hybridized carbons (Fsp3) is 0.0588. The molecule has 0 bridgehead atoms. The van der Waals surface area contributed by atoms with Crippen LogP contribution in [0.4, 0.5) is 14.5 Å². The van der Waals surface area contributed by atoms with Crippen LogP contribution in [-0.4, -0.2) is 10.9 Å². The van der Waals surface area contributed by atoms with Crippen LogP contribution < -0.4 is 5.32 Å². The van der Waals surface area contributed by atoms with Gasteiger partial charge in [0.05, 0.1) is 15.6 Å². The molecule has 0 aliphatic carbocycles. The Kier molecular flexibility index (Phi) is 4.16. The Hall–Kier alpha value is -2.60. The highest BCUT2D eigenvalue weighted by Gasteiger charge is 2.19. The molecule has 23 heavy (non-hydrogen) atoms. The summed E-state index contributed by atoms with van der Waals surface area (Å²) in [6.07, 6.45) is 0. The molecular formula is C17H12F2N2OS. The number of anilines is 1. The van der Waals surface area contributed by atoms with Crippen molar-refractivity contribution < 1.29 is 13.6 Å². The number of aryl methyl sites for hydroxylation is 1. The van der Waals surface area contributed by atoms with Gasteiger partial charge in [0.15, 0.2) is 0 Å². The summed E-state index contributed by atoms with van der Waals surface area (Å²) >= 11 is 1.39. The lowest BCUT2D eigenvalue weighted by Gasteiger charge is -2.06. The van der Waals surface area contributed by atoms with Gasteiger partial charge in [-0.15, -0.1) is 11.3 Å². The Morgan fingerprint density at radius 3 is 2.57 bits per heavy atom. The highest BCUT2D eigenvalue weighted by molar-refractivity contribution is 7.15. The molecule has 0 saturated heterocycles. The fourth-order valence-electron chi connectivity index (χ4n) is 2.14. The van der Waals surface area contributed by atoms with Crippen LogP contribution in [0.5, 0.6) is 0 Å². The normalized spacial score (nSPS) is 10.6. The quantitative estimate of drug-likeness (QED) is 0.759. The third kappa shape index (κ3) is 3.27. The highest BCUT2D eigenvalue weighted by Crippen LogP contribution is 2.30. The van der Waals surface area contributed by atoms with Crippen LogP contribution in [0.3, 0.4) is 0 Å². The number of benzene rings is 2. The van der Waals surface area contributed by atoms with Gasteiger partial charge in [0.25, 0.3) is 5.91 Å².